The van der Waals surface area contributed by atoms with Crippen molar-refractivity contribution in [3.05, 3.63) is 101 Å². The molecule has 0 aliphatic rings. The van der Waals surface area contributed by atoms with Crippen molar-refractivity contribution in [3.8, 4) is 0 Å². The van der Waals surface area contributed by atoms with Gasteiger partial charge in [0.1, 0.15) is 5.82 Å². The molecule has 4 rings (SSSR count). The van der Waals surface area contributed by atoms with Gasteiger partial charge < -0.3 is 16.0 Å². The molecule has 0 saturated heterocycles. The van der Waals surface area contributed by atoms with Gasteiger partial charge in [0.25, 0.3) is 0 Å². The molecule has 0 aliphatic heterocycles. The molecule has 3 N–H and O–H groups in total. The number of carbonyl (C=O) groups is 1. The molecule has 4 aromatic rings. The van der Waals surface area contributed by atoms with Gasteiger partial charge in [0, 0.05) is 35.2 Å². The molecule has 1 amide bonds. The normalized spacial score (nSPS) is 10.6. The van der Waals surface area contributed by atoms with Gasteiger partial charge in [-0.25, -0.2) is 4.98 Å². The van der Waals surface area contributed by atoms with Crippen LogP contribution in [0.4, 0.5) is 28.8 Å². The Morgan fingerprint density at radius 3 is 2.15 bits per heavy atom. The maximum absolute atomic E-state index is 12.3. The van der Waals surface area contributed by atoms with E-state index >= 15 is 0 Å². The van der Waals surface area contributed by atoms with E-state index in [1.807, 2.05) is 55.5 Å². The first-order valence-electron chi connectivity index (χ1n) is 11.3. The maximum Gasteiger partial charge on any atom is 0.229 e. The van der Waals surface area contributed by atoms with Crippen molar-refractivity contribution in [1.82, 2.24) is 9.97 Å². The Morgan fingerprint density at radius 2 is 1.41 bits per heavy atom. The van der Waals surface area contributed by atoms with E-state index in [0.29, 0.717) is 12.4 Å². The molecule has 0 aliphatic carbocycles. The van der Waals surface area contributed by atoms with Crippen LogP contribution in [0.2, 0.25) is 0 Å². The summed E-state index contributed by atoms with van der Waals surface area (Å²) < 4.78 is 0. The molecule has 0 atom stereocenters. The van der Waals surface area contributed by atoms with E-state index < -0.39 is 0 Å². The lowest BCUT2D eigenvalue weighted by Gasteiger charge is -2.11. The maximum atomic E-state index is 12.3. The third-order valence-corrected chi connectivity index (χ3v) is 5.33. The van der Waals surface area contributed by atoms with Gasteiger partial charge in [-0.1, -0.05) is 47.5 Å². The van der Waals surface area contributed by atoms with Gasteiger partial charge in [-0.05, 0) is 69.2 Å². The summed E-state index contributed by atoms with van der Waals surface area (Å²) in [5.74, 6) is 1.22. The van der Waals surface area contributed by atoms with Crippen LogP contribution >= 0.6 is 0 Å². The zero-order valence-electron chi connectivity index (χ0n) is 19.7. The summed E-state index contributed by atoms with van der Waals surface area (Å²) in [7, 11) is 0. The predicted molar refractivity (Wildman–Crippen MR) is 139 cm³/mol. The summed E-state index contributed by atoms with van der Waals surface area (Å²) in [5.41, 5.74) is 7.00. The Kier molecular flexibility index (Phi) is 7.18. The lowest BCUT2D eigenvalue weighted by molar-refractivity contribution is -0.116. The lowest BCUT2D eigenvalue weighted by Crippen LogP contribution is -2.12. The monoisotopic (exact) mass is 451 g/mol. The number of benzene rings is 3. The topological polar surface area (TPSA) is 78.9 Å². The van der Waals surface area contributed by atoms with Crippen LogP contribution in [-0.2, 0) is 11.2 Å². The van der Waals surface area contributed by atoms with Crippen LogP contribution in [0, 0.1) is 20.8 Å². The van der Waals surface area contributed by atoms with Gasteiger partial charge in [-0.3, -0.25) is 4.79 Å². The van der Waals surface area contributed by atoms with E-state index in [1.54, 1.807) is 0 Å². The number of nitrogens with one attached hydrogen (secondary N) is 3. The molecule has 0 saturated carbocycles. The second kappa shape index (κ2) is 10.6. The van der Waals surface area contributed by atoms with Crippen molar-refractivity contribution in [2.75, 3.05) is 16.0 Å². The number of anilines is 5. The average molecular weight is 452 g/mol. The molecule has 6 nitrogen and oxygen atoms in total. The summed E-state index contributed by atoms with van der Waals surface area (Å²) in [4.78, 5) is 21.4. The molecule has 0 bridgehead atoms. The van der Waals surface area contributed by atoms with Gasteiger partial charge in [0.05, 0.1) is 0 Å². The number of carbonyl (C=O) groups excluding carboxylic acids is 1. The first kappa shape index (κ1) is 23.0. The number of hydrogen-bond acceptors (Lipinski definition) is 5. The third kappa shape index (κ3) is 6.65. The minimum absolute atomic E-state index is 0.00365. The molecular weight excluding hydrogens is 422 g/mol. The molecule has 172 valence electrons. The van der Waals surface area contributed by atoms with Crippen molar-refractivity contribution in [2.24, 2.45) is 0 Å². The van der Waals surface area contributed by atoms with E-state index in [0.717, 1.165) is 35.0 Å². The molecule has 0 spiro atoms. The standard InChI is InChI=1S/C28H29N5O/c1-19-7-10-23(11-8-19)30-26-18-21(3)29-28(33-26)32-25-14-12-24(13-15-25)31-27(34)16-9-22-6-4-5-20(2)17-22/h4-8,10-15,17-18H,9,16H2,1-3H3,(H,31,34)(H2,29,30,32,33). The number of amides is 1. The Hall–Kier alpha value is -4.19. The largest absolute Gasteiger partial charge is 0.340 e. The first-order chi connectivity index (χ1) is 16.4. The van der Waals surface area contributed by atoms with E-state index in [1.165, 1.54) is 16.7 Å². The average Bonchev–Trinajstić information content (AvgIpc) is 2.80. The van der Waals surface area contributed by atoms with E-state index in [4.69, 9.17) is 0 Å². The SMILES string of the molecule is Cc1ccc(Nc2cc(C)nc(Nc3ccc(NC(=O)CCc4cccc(C)c4)cc3)n2)cc1. The van der Waals surface area contributed by atoms with Crippen molar-refractivity contribution >= 4 is 34.7 Å². The minimum atomic E-state index is -0.00365. The fourth-order valence-electron chi connectivity index (χ4n) is 3.59. The fourth-order valence-corrected chi connectivity index (χ4v) is 3.59. The highest BCUT2D eigenvalue weighted by atomic mass is 16.1. The van der Waals surface area contributed by atoms with Crippen molar-refractivity contribution in [1.29, 1.82) is 0 Å². The number of aryl methyl sites for hydroxylation is 4. The Labute approximate surface area is 200 Å². The van der Waals surface area contributed by atoms with Crippen molar-refractivity contribution < 1.29 is 4.79 Å². The summed E-state index contributed by atoms with van der Waals surface area (Å²) in [5, 5.41) is 9.51. The molecule has 1 heterocycles. The van der Waals surface area contributed by atoms with Crippen LogP contribution in [0.5, 0.6) is 0 Å². The zero-order chi connectivity index (χ0) is 23.9. The second-order valence-corrected chi connectivity index (χ2v) is 8.45. The van der Waals surface area contributed by atoms with Crippen LogP contribution in [0.3, 0.4) is 0 Å². The Morgan fingerprint density at radius 1 is 0.735 bits per heavy atom. The van der Waals surface area contributed by atoms with E-state index in [-0.39, 0.29) is 5.91 Å². The molecule has 6 heteroatoms. The summed E-state index contributed by atoms with van der Waals surface area (Å²) in [6, 6.07) is 25.8. The third-order valence-electron chi connectivity index (χ3n) is 5.33. The Balaban J connectivity index is 1.34. The van der Waals surface area contributed by atoms with Crippen LogP contribution < -0.4 is 16.0 Å². The first-order valence-corrected chi connectivity index (χ1v) is 11.3. The van der Waals surface area contributed by atoms with Gasteiger partial charge in [0.2, 0.25) is 11.9 Å². The van der Waals surface area contributed by atoms with Crippen molar-refractivity contribution in [2.45, 2.75) is 33.6 Å². The number of aromatic nitrogens is 2. The molecule has 1 aromatic heterocycles. The molecular formula is C28H29N5O. The summed E-state index contributed by atoms with van der Waals surface area (Å²) in [6.07, 6.45) is 1.16. The molecule has 34 heavy (non-hydrogen) atoms. The Bertz CT molecular complexity index is 1270. The minimum Gasteiger partial charge on any atom is -0.340 e. The number of rotatable bonds is 8. The number of nitrogens with zero attached hydrogens (tertiary/aromatic N) is 2. The van der Waals surface area contributed by atoms with E-state index in [9.17, 15) is 4.79 Å². The molecule has 0 fully saturated rings. The summed E-state index contributed by atoms with van der Waals surface area (Å²) in [6.45, 7) is 6.05. The highest BCUT2D eigenvalue weighted by molar-refractivity contribution is 5.91. The van der Waals surface area contributed by atoms with Crippen LogP contribution in [0.25, 0.3) is 0 Å². The van der Waals surface area contributed by atoms with E-state index in [2.05, 4.69) is 70.1 Å². The number of hydrogen-bond donors (Lipinski definition) is 3. The van der Waals surface area contributed by atoms with Crippen LogP contribution in [0.15, 0.2) is 78.9 Å². The fraction of sp³-hybridized carbons (Fsp3) is 0.179. The lowest BCUT2D eigenvalue weighted by atomic mass is 10.1. The molecule has 0 radical (unpaired) electrons. The second-order valence-electron chi connectivity index (χ2n) is 8.45. The summed E-state index contributed by atoms with van der Waals surface area (Å²) >= 11 is 0. The smallest absolute Gasteiger partial charge is 0.229 e. The quantitative estimate of drug-likeness (QED) is 0.286. The molecule has 0 unspecified atom stereocenters. The van der Waals surface area contributed by atoms with Gasteiger partial charge in [-0.2, -0.15) is 4.98 Å². The zero-order valence-corrected chi connectivity index (χ0v) is 19.7. The van der Waals surface area contributed by atoms with Gasteiger partial charge >= 0.3 is 0 Å². The highest BCUT2D eigenvalue weighted by Crippen LogP contribution is 2.21. The van der Waals surface area contributed by atoms with Gasteiger partial charge in [-0.15, -0.1) is 0 Å². The van der Waals surface area contributed by atoms with Gasteiger partial charge in [0.15, 0.2) is 0 Å². The molecule has 3 aromatic carbocycles. The van der Waals surface area contributed by atoms with Crippen LogP contribution in [-0.4, -0.2) is 15.9 Å². The van der Waals surface area contributed by atoms with Crippen LogP contribution in [0.1, 0.15) is 28.8 Å². The van der Waals surface area contributed by atoms with Crippen molar-refractivity contribution in [3.63, 3.8) is 0 Å². The highest BCUT2D eigenvalue weighted by Gasteiger charge is 2.06. The predicted octanol–water partition coefficient (Wildman–Crippen LogP) is 6.46.